The molecule has 0 aliphatic carbocycles. The lowest BCUT2D eigenvalue weighted by Crippen LogP contribution is -2.14. The van der Waals surface area contributed by atoms with E-state index in [2.05, 4.69) is 10.3 Å². The molecule has 0 spiro atoms. The number of nitrogens with one attached hydrogen (secondary N) is 1. The van der Waals surface area contributed by atoms with Crippen LogP contribution < -0.4 is 10.1 Å². The van der Waals surface area contributed by atoms with E-state index in [1.807, 2.05) is 36.6 Å². The summed E-state index contributed by atoms with van der Waals surface area (Å²) >= 11 is 13.5. The van der Waals surface area contributed by atoms with Crippen molar-refractivity contribution in [3.8, 4) is 16.3 Å². The Morgan fingerprint density at radius 2 is 1.96 bits per heavy atom. The number of halogens is 2. The SMILES string of the molecule is CCOc1ccc(-c2nc(CC(=O)Nc3cccc(Cl)c3Cl)cs2)cc1. The van der Waals surface area contributed by atoms with Gasteiger partial charge in [0.1, 0.15) is 10.8 Å². The molecule has 0 fully saturated rings. The van der Waals surface area contributed by atoms with E-state index in [9.17, 15) is 4.79 Å². The summed E-state index contributed by atoms with van der Waals surface area (Å²) < 4.78 is 5.44. The molecule has 0 saturated heterocycles. The van der Waals surface area contributed by atoms with Crippen LogP contribution in [0.4, 0.5) is 5.69 Å². The minimum atomic E-state index is -0.197. The maximum atomic E-state index is 12.2. The van der Waals surface area contributed by atoms with Gasteiger partial charge in [-0.3, -0.25) is 4.79 Å². The molecule has 26 heavy (non-hydrogen) atoms. The van der Waals surface area contributed by atoms with Crippen molar-refractivity contribution in [1.82, 2.24) is 4.98 Å². The van der Waals surface area contributed by atoms with Crippen molar-refractivity contribution in [3.05, 3.63) is 63.6 Å². The molecule has 134 valence electrons. The molecular formula is C19H16Cl2N2O2S. The number of thiazole rings is 1. The highest BCUT2D eigenvalue weighted by Crippen LogP contribution is 2.30. The van der Waals surface area contributed by atoms with Crippen LogP contribution >= 0.6 is 34.5 Å². The summed E-state index contributed by atoms with van der Waals surface area (Å²) in [6.45, 7) is 2.58. The number of anilines is 1. The molecule has 1 amide bonds. The number of benzene rings is 2. The zero-order chi connectivity index (χ0) is 18.5. The summed E-state index contributed by atoms with van der Waals surface area (Å²) in [5, 5.41) is 6.23. The number of carbonyl (C=O) groups is 1. The molecule has 0 atom stereocenters. The van der Waals surface area contributed by atoms with E-state index in [0.29, 0.717) is 28.0 Å². The molecule has 1 N–H and O–H groups in total. The van der Waals surface area contributed by atoms with E-state index in [-0.39, 0.29) is 12.3 Å². The first-order chi connectivity index (χ1) is 12.6. The van der Waals surface area contributed by atoms with Gasteiger partial charge in [-0.15, -0.1) is 11.3 Å². The lowest BCUT2D eigenvalue weighted by Gasteiger charge is -2.07. The minimum Gasteiger partial charge on any atom is -0.494 e. The summed E-state index contributed by atoms with van der Waals surface area (Å²) in [7, 11) is 0. The smallest absolute Gasteiger partial charge is 0.230 e. The fourth-order valence-corrected chi connectivity index (χ4v) is 3.51. The van der Waals surface area contributed by atoms with Crippen LogP contribution in [0.3, 0.4) is 0 Å². The van der Waals surface area contributed by atoms with Gasteiger partial charge in [0, 0.05) is 10.9 Å². The molecule has 0 aliphatic rings. The number of aromatic nitrogens is 1. The standard InChI is InChI=1S/C19H16Cl2N2O2S/c1-2-25-14-8-6-12(7-9-14)19-22-13(11-26-19)10-17(24)23-16-5-3-4-15(20)18(16)21/h3-9,11H,2,10H2,1H3,(H,23,24). The van der Waals surface area contributed by atoms with Crippen molar-refractivity contribution in [3.63, 3.8) is 0 Å². The lowest BCUT2D eigenvalue weighted by molar-refractivity contribution is -0.115. The summed E-state index contributed by atoms with van der Waals surface area (Å²) in [4.78, 5) is 16.8. The largest absolute Gasteiger partial charge is 0.494 e. The number of amides is 1. The molecule has 0 aliphatic heterocycles. The summed E-state index contributed by atoms with van der Waals surface area (Å²) in [6, 6.07) is 12.8. The van der Waals surface area contributed by atoms with Crippen LogP contribution in [-0.4, -0.2) is 17.5 Å². The average Bonchev–Trinajstić information content (AvgIpc) is 3.08. The van der Waals surface area contributed by atoms with Crippen LogP contribution in [0.25, 0.3) is 10.6 Å². The first-order valence-electron chi connectivity index (χ1n) is 7.98. The van der Waals surface area contributed by atoms with Gasteiger partial charge in [0.15, 0.2) is 0 Å². The quantitative estimate of drug-likeness (QED) is 0.571. The van der Waals surface area contributed by atoms with Gasteiger partial charge in [-0.05, 0) is 43.3 Å². The fourth-order valence-electron chi connectivity index (χ4n) is 2.34. The Kier molecular flexibility index (Phi) is 6.14. The molecular weight excluding hydrogens is 391 g/mol. The Labute approximate surface area is 165 Å². The number of hydrogen-bond acceptors (Lipinski definition) is 4. The lowest BCUT2D eigenvalue weighted by atomic mass is 10.2. The van der Waals surface area contributed by atoms with Gasteiger partial charge < -0.3 is 10.1 Å². The number of rotatable bonds is 6. The molecule has 0 radical (unpaired) electrons. The molecule has 4 nitrogen and oxygen atoms in total. The minimum absolute atomic E-state index is 0.163. The van der Waals surface area contributed by atoms with Crippen LogP contribution in [0, 0.1) is 0 Å². The molecule has 1 aromatic heterocycles. The first kappa shape index (κ1) is 18.7. The van der Waals surface area contributed by atoms with Crippen molar-refractivity contribution in [2.45, 2.75) is 13.3 Å². The van der Waals surface area contributed by atoms with Gasteiger partial charge in [0.2, 0.25) is 5.91 Å². The number of ether oxygens (including phenoxy) is 1. The van der Waals surface area contributed by atoms with Crippen molar-refractivity contribution >= 4 is 46.1 Å². The topological polar surface area (TPSA) is 51.2 Å². The molecule has 0 bridgehead atoms. The van der Waals surface area contributed by atoms with Gasteiger partial charge in [-0.2, -0.15) is 0 Å². The Morgan fingerprint density at radius 1 is 1.19 bits per heavy atom. The van der Waals surface area contributed by atoms with Crippen LogP contribution in [0.1, 0.15) is 12.6 Å². The normalized spacial score (nSPS) is 10.6. The molecule has 7 heteroatoms. The van der Waals surface area contributed by atoms with Gasteiger partial charge in [0.25, 0.3) is 0 Å². The highest BCUT2D eigenvalue weighted by atomic mass is 35.5. The van der Waals surface area contributed by atoms with E-state index < -0.39 is 0 Å². The number of hydrogen-bond donors (Lipinski definition) is 1. The number of carbonyl (C=O) groups excluding carboxylic acids is 1. The Bertz CT molecular complexity index is 910. The summed E-state index contributed by atoms with van der Waals surface area (Å²) in [5.74, 6) is 0.628. The predicted octanol–water partition coefficient (Wildman–Crippen LogP) is 5.70. The Hall–Kier alpha value is -2.08. The Morgan fingerprint density at radius 3 is 2.69 bits per heavy atom. The third-order valence-electron chi connectivity index (χ3n) is 3.53. The van der Waals surface area contributed by atoms with E-state index in [4.69, 9.17) is 27.9 Å². The van der Waals surface area contributed by atoms with Gasteiger partial charge in [-0.25, -0.2) is 4.98 Å². The van der Waals surface area contributed by atoms with E-state index >= 15 is 0 Å². The molecule has 3 rings (SSSR count). The molecule has 2 aromatic carbocycles. The summed E-state index contributed by atoms with van der Waals surface area (Å²) in [5.41, 5.74) is 2.18. The molecule has 1 heterocycles. The van der Waals surface area contributed by atoms with Gasteiger partial charge in [-0.1, -0.05) is 29.3 Å². The van der Waals surface area contributed by atoms with Crippen molar-refractivity contribution in [2.24, 2.45) is 0 Å². The van der Waals surface area contributed by atoms with Crippen LogP contribution in [0.5, 0.6) is 5.75 Å². The predicted molar refractivity (Wildman–Crippen MR) is 108 cm³/mol. The first-order valence-corrected chi connectivity index (χ1v) is 9.62. The maximum absolute atomic E-state index is 12.2. The van der Waals surface area contributed by atoms with E-state index in [1.54, 1.807) is 18.2 Å². The van der Waals surface area contributed by atoms with E-state index in [0.717, 1.165) is 16.3 Å². The zero-order valence-electron chi connectivity index (χ0n) is 14.0. The summed E-state index contributed by atoms with van der Waals surface area (Å²) in [6.07, 6.45) is 0.163. The molecule has 3 aromatic rings. The van der Waals surface area contributed by atoms with Crippen LogP contribution in [-0.2, 0) is 11.2 Å². The van der Waals surface area contributed by atoms with Crippen LogP contribution in [0.15, 0.2) is 47.8 Å². The average molecular weight is 407 g/mol. The number of nitrogens with zero attached hydrogens (tertiary/aromatic N) is 1. The van der Waals surface area contributed by atoms with Crippen molar-refractivity contribution in [1.29, 1.82) is 0 Å². The third kappa shape index (κ3) is 4.55. The third-order valence-corrected chi connectivity index (χ3v) is 5.29. The second kappa shape index (κ2) is 8.54. The van der Waals surface area contributed by atoms with Gasteiger partial charge >= 0.3 is 0 Å². The second-order valence-corrected chi connectivity index (χ2v) is 7.07. The van der Waals surface area contributed by atoms with E-state index in [1.165, 1.54) is 11.3 Å². The molecule has 0 saturated carbocycles. The molecule has 0 unspecified atom stereocenters. The zero-order valence-corrected chi connectivity index (χ0v) is 16.3. The monoisotopic (exact) mass is 406 g/mol. The Balaban J connectivity index is 1.66. The fraction of sp³-hybridized carbons (Fsp3) is 0.158. The highest BCUT2D eigenvalue weighted by Gasteiger charge is 2.12. The van der Waals surface area contributed by atoms with Crippen molar-refractivity contribution in [2.75, 3.05) is 11.9 Å². The maximum Gasteiger partial charge on any atom is 0.230 e. The second-order valence-electron chi connectivity index (χ2n) is 5.43. The van der Waals surface area contributed by atoms with Crippen LogP contribution in [0.2, 0.25) is 10.0 Å². The van der Waals surface area contributed by atoms with Crippen molar-refractivity contribution < 1.29 is 9.53 Å². The highest BCUT2D eigenvalue weighted by molar-refractivity contribution is 7.13. The van der Waals surface area contributed by atoms with Gasteiger partial charge in [0.05, 0.1) is 34.5 Å².